The molecule has 2 fully saturated rings. The van der Waals surface area contributed by atoms with Crippen molar-refractivity contribution in [2.24, 2.45) is 11.5 Å². The van der Waals surface area contributed by atoms with Crippen LogP contribution in [-0.2, 0) is 14.6 Å². The predicted molar refractivity (Wildman–Crippen MR) is 59.3 cm³/mol. The van der Waals surface area contributed by atoms with Gasteiger partial charge in [-0.1, -0.05) is 0 Å². The molecule has 4 N–H and O–H groups in total. The molecule has 1 amide bonds. The second-order valence-corrected chi connectivity index (χ2v) is 6.76. The van der Waals surface area contributed by atoms with Crippen molar-refractivity contribution in [2.75, 3.05) is 18.1 Å². The lowest BCUT2D eigenvalue weighted by molar-refractivity contribution is -0.122. The first-order chi connectivity index (χ1) is 7.41. The van der Waals surface area contributed by atoms with Gasteiger partial charge < -0.3 is 11.5 Å². The predicted octanol–water partition coefficient (Wildman–Crippen LogP) is -1.94. The van der Waals surface area contributed by atoms with E-state index >= 15 is 0 Å². The summed E-state index contributed by atoms with van der Waals surface area (Å²) in [7, 11) is -3.05. The number of hydrogen-bond donors (Lipinski definition) is 2. The Kier molecular flexibility index (Phi) is 2.93. The van der Waals surface area contributed by atoms with E-state index in [1.54, 1.807) is 0 Å². The second-order valence-electron chi connectivity index (χ2n) is 4.61. The fourth-order valence-electron chi connectivity index (χ4n) is 2.69. The number of nitrogens with two attached hydrogens (primary N) is 2. The number of amides is 1. The molecular formula is C9H17N3O3S. The van der Waals surface area contributed by atoms with Crippen LogP contribution in [0.1, 0.15) is 12.8 Å². The molecule has 0 aromatic heterocycles. The number of primary amides is 1. The monoisotopic (exact) mass is 247 g/mol. The highest BCUT2D eigenvalue weighted by molar-refractivity contribution is 7.91. The third-order valence-corrected chi connectivity index (χ3v) is 5.16. The van der Waals surface area contributed by atoms with Crippen LogP contribution in [0.3, 0.4) is 0 Å². The van der Waals surface area contributed by atoms with E-state index in [1.807, 2.05) is 4.90 Å². The summed E-state index contributed by atoms with van der Waals surface area (Å²) in [4.78, 5) is 13.1. The molecule has 7 heteroatoms. The highest BCUT2D eigenvalue weighted by Crippen LogP contribution is 2.25. The Labute approximate surface area is 94.9 Å². The van der Waals surface area contributed by atoms with Crippen molar-refractivity contribution in [2.45, 2.75) is 31.0 Å². The second kappa shape index (κ2) is 3.97. The summed E-state index contributed by atoms with van der Waals surface area (Å²) in [6, 6.07) is -0.987. The average molecular weight is 247 g/mol. The number of nitrogens with zero attached hydrogens (tertiary/aromatic N) is 1. The minimum atomic E-state index is -3.05. The van der Waals surface area contributed by atoms with Crippen molar-refractivity contribution in [1.29, 1.82) is 0 Å². The first-order valence-electron chi connectivity index (χ1n) is 5.42. The van der Waals surface area contributed by atoms with Crippen LogP contribution in [0.5, 0.6) is 0 Å². The summed E-state index contributed by atoms with van der Waals surface area (Å²) in [5.41, 5.74) is 11.1. The molecule has 0 aromatic rings. The van der Waals surface area contributed by atoms with Gasteiger partial charge in [-0.25, -0.2) is 8.42 Å². The zero-order chi connectivity index (χ0) is 11.9. The maximum atomic E-state index is 11.5. The normalized spacial score (nSPS) is 38.9. The van der Waals surface area contributed by atoms with E-state index in [4.69, 9.17) is 11.5 Å². The van der Waals surface area contributed by atoms with Crippen LogP contribution in [0.2, 0.25) is 0 Å². The molecule has 0 aromatic carbocycles. The number of hydrogen-bond acceptors (Lipinski definition) is 5. The average Bonchev–Trinajstić information content (AvgIpc) is 2.69. The fourth-order valence-corrected chi connectivity index (χ4v) is 4.59. The summed E-state index contributed by atoms with van der Waals surface area (Å²) < 4.78 is 22.9. The third-order valence-electron chi connectivity index (χ3n) is 3.41. The largest absolute Gasteiger partial charge is 0.368 e. The number of carbonyl (C=O) groups excluding carboxylic acids is 1. The Morgan fingerprint density at radius 1 is 1.31 bits per heavy atom. The van der Waals surface area contributed by atoms with Crippen molar-refractivity contribution in [3.8, 4) is 0 Å². The minimum Gasteiger partial charge on any atom is -0.368 e. The number of likely N-dealkylation sites (tertiary alicyclic amines) is 1. The van der Waals surface area contributed by atoms with E-state index in [-0.39, 0.29) is 29.5 Å². The van der Waals surface area contributed by atoms with Crippen LogP contribution >= 0.6 is 0 Å². The molecule has 2 saturated heterocycles. The maximum Gasteiger partial charge on any atom is 0.234 e. The molecule has 16 heavy (non-hydrogen) atoms. The molecule has 3 unspecified atom stereocenters. The number of sulfone groups is 1. The molecule has 0 saturated carbocycles. The molecule has 2 aliphatic rings. The Balaban J connectivity index is 2.16. The van der Waals surface area contributed by atoms with Crippen LogP contribution in [0, 0.1) is 0 Å². The van der Waals surface area contributed by atoms with Gasteiger partial charge in [0, 0.05) is 12.1 Å². The SMILES string of the molecule is NC(=O)C1CCCN1C1CS(=O)(=O)CC1N. The van der Waals surface area contributed by atoms with Crippen molar-refractivity contribution in [1.82, 2.24) is 4.90 Å². The summed E-state index contributed by atoms with van der Waals surface area (Å²) in [6.07, 6.45) is 1.58. The molecule has 0 radical (unpaired) electrons. The zero-order valence-electron chi connectivity index (χ0n) is 9.00. The molecule has 2 rings (SSSR count). The van der Waals surface area contributed by atoms with Crippen LogP contribution in [-0.4, -0.2) is 55.4 Å². The van der Waals surface area contributed by atoms with Crippen LogP contribution in [0.15, 0.2) is 0 Å². The van der Waals surface area contributed by atoms with E-state index in [9.17, 15) is 13.2 Å². The molecule has 3 atom stereocenters. The van der Waals surface area contributed by atoms with E-state index in [1.165, 1.54) is 0 Å². The van der Waals surface area contributed by atoms with Gasteiger partial charge in [0.05, 0.1) is 17.5 Å². The van der Waals surface area contributed by atoms with Gasteiger partial charge in [-0.15, -0.1) is 0 Å². The lowest BCUT2D eigenvalue weighted by atomic mass is 10.1. The zero-order valence-corrected chi connectivity index (χ0v) is 9.82. The highest BCUT2D eigenvalue weighted by Gasteiger charge is 2.44. The summed E-state index contributed by atoms with van der Waals surface area (Å²) in [5.74, 6) is -0.313. The van der Waals surface area contributed by atoms with Gasteiger partial charge in [0.1, 0.15) is 0 Å². The lowest BCUT2D eigenvalue weighted by Gasteiger charge is -2.30. The lowest BCUT2D eigenvalue weighted by Crippen LogP contribution is -2.52. The smallest absolute Gasteiger partial charge is 0.234 e. The topological polar surface area (TPSA) is 106 Å². The quantitative estimate of drug-likeness (QED) is 0.590. The van der Waals surface area contributed by atoms with Gasteiger partial charge in [-0.2, -0.15) is 0 Å². The molecule has 0 spiro atoms. The molecule has 6 nitrogen and oxygen atoms in total. The van der Waals surface area contributed by atoms with Gasteiger partial charge in [0.25, 0.3) is 0 Å². The van der Waals surface area contributed by atoms with Crippen molar-refractivity contribution in [3.63, 3.8) is 0 Å². The molecular weight excluding hydrogens is 230 g/mol. The van der Waals surface area contributed by atoms with E-state index in [2.05, 4.69) is 0 Å². The third kappa shape index (κ3) is 2.07. The molecule has 2 aliphatic heterocycles. The standard InChI is InChI=1S/C9H17N3O3S/c10-6-4-16(14,15)5-8(6)12-3-1-2-7(12)9(11)13/h6-8H,1-5,10H2,(H2,11,13). The Morgan fingerprint density at radius 3 is 2.50 bits per heavy atom. The highest BCUT2D eigenvalue weighted by atomic mass is 32.2. The van der Waals surface area contributed by atoms with Crippen molar-refractivity contribution in [3.05, 3.63) is 0 Å². The molecule has 0 aliphatic carbocycles. The van der Waals surface area contributed by atoms with Gasteiger partial charge in [0.2, 0.25) is 5.91 Å². The van der Waals surface area contributed by atoms with Gasteiger partial charge in [0.15, 0.2) is 9.84 Å². The minimum absolute atomic E-state index is 0.0135. The van der Waals surface area contributed by atoms with E-state index < -0.39 is 15.9 Å². The Bertz CT molecular complexity index is 395. The number of rotatable bonds is 2. The van der Waals surface area contributed by atoms with E-state index in [0.29, 0.717) is 13.0 Å². The number of carbonyl (C=O) groups is 1. The maximum absolute atomic E-state index is 11.5. The van der Waals surface area contributed by atoms with Gasteiger partial charge in [-0.05, 0) is 19.4 Å². The van der Waals surface area contributed by atoms with Gasteiger partial charge in [-0.3, -0.25) is 9.69 Å². The van der Waals surface area contributed by atoms with Crippen LogP contribution in [0.25, 0.3) is 0 Å². The first-order valence-corrected chi connectivity index (χ1v) is 7.24. The van der Waals surface area contributed by atoms with Crippen LogP contribution < -0.4 is 11.5 Å². The van der Waals surface area contributed by atoms with Gasteiger partial charge >= 0.3 is 0 Å². The van der Waals surface area contributed by atoms with Crippen LogP contribution in [0.4, 0.5) is 0 Å². The summed E-state index contributed by atoms with van der Waals surface area (Å²) >= 11 is 0. The summed E-state index contributed by atoms with van der Waals surface area (Å²) in [6.45, 7) is 0.710. The first kappa shape index (κ1) is 11.8. The molecule has 2 heterocycles. The Hall–Kier alpha value is -0.660. The van der Waals surface area contributed by atoms with E-state index in [0.717, 1.165) is 6.42 Å². The fraction of sp³-hybridized carbons (Fsp3) is 0.889. The summed E-state index contributed by atoms with van der Waals surface area (Å²) in [5, 5.41) is 0. The molecule has 92 valence electrons. The van der Waals surface area contributed by atoms with Crippen molar-refractivity contribution >= 4 is 15.7 Å². The van der Waals surface area contributed by atoms with Crippen molar-refractivity contribution < 1.29 is 13.2 Å². The Morgan fingerprint density at radius 2 is 2.00 bits per heavy atom. The molecule has 0 bridgehead atoms.